The molecule has 0 bridgehead atoms. The monoisotopic (exact) mass is 334 g/mol. The number of hydrogen-bond donors (Lipinski definition) is 0. The number of allylic oxidation sites excluding steroid dienone is 1. The number of rotatable bonds is 4. The SMILES string of the molecule is Cc1ccc(OCC2CC(=C(F)B3OC(C)(C)C(C)(C)O3)C2)nn1. The molecule has 0 amide bonds. The highest BCUT2D eigenvalue weighted by molar-refractivity contribution is 6.53. The van der Waals surface area contributed by atoms with Crippen molar-refractivity contribution < 1.29 is 18.4 Å². The van der Waals surface area contributed by atoms with Crippen LogP contribution in [0.2, 0.25) is 0 Å². The van der Waals surface area contributed by atoms with Gasteiger partial charge in [0.25, 0.3) is 0 Å². The standard InChI is InChI=1S/C17H24BFN2O3/c1-11-6-7-14(21-20-11)22-10-12-8-13(9-12)15(19)18-23-16(2,3)17(4,5)24-18/h6-7,12H,8-10H2,1-5H3. The van der Waals surface area contributed by atoms with Gasteiger partial charge in [0.05, 0.1) is 23.5 Å². The summed E-state index contributed by atoms with van der Waals surface area (Å²) in [5.74, 6) is 0.792. The maximum atomic E-state index is 14.6. The first-order valence-corrected chi connectivity index (χ1v) is 8.34. The van der Waals surface area contributed by atoms with Gasteiger partial charge in [-0.2, -0.15) is 5.10 Å². The lowest BCUT2D eigenvalue weighted by Gasteiger charge is -2.32. The quantitative estimate of drug-likeness (QED) is 0.790. The number of halogens is 1. The predicted molar refractivity (Wildman–Crippen MR) is 89.2 cm³/mol. The average molecular weight is 334 g/mol. The van der Waals surface area contributed by atoms with Gasteiger partial charge in [-0.1, -0.05) is 0 Å². The first-order valence-electron chi connectivity index (χ1n) is 8.34. The molecule has 5 nitrogen and oxygen atoms in total. The molecule has 1 aliphatic carbocycles. The molecule has 24 heavy (non-hydrogen) atoms. The lowest BCUT2D eigenvalue weighted by atomic mass is 9.73. The van der Waals surface area contributed by atoms with Gasteiger partial charge in [-0.15, -0.1) is 5.10 Å². The van der Waals surface area contributed by atoms with E-state index in [0.717, 1.165) is 11.3 Å². The largest absolute Gasteiger partial charge is 0.525 e. The molecule has 3 rings (SSSR count). The van der Waals surface area contributed by atoms with Crippen molar-refractivity contribution in [3.05, 3.63) is 29.1 Å². The first-order chi connectivity index (χ1) is 11.2. The van der Waals surface area contributed by atoms with Gasteiger partial charge >= 0.3 is 7.12 Å². The van der Waals surface area contributed by atoms with Crippen LogP contribution in [-0.2, 0) is 9.31 Å². The molecule has 1 aromatic heterocycles. The molecule has 7 heteroatoms. The van der Waals surface area contributed by atoms with Gasteiger partial charge in [-0.05, 0) is 59.1 Å². The first kappa shape index (κ1) is 17.4. The van der Waals surface area contributed by atoms with Crippen LogP contribution in [0, 0.1) is 12.8 Å². The van der Waals surface area contributed by atoms with E-state index < -0.39 is 18.3 Å². The molecular formula is C17H24BFN2O3. The zero-order valence-corrected chi connectivity index (χ0v) is 14.9. The number of nitrogens with zero attached hydrogens (tertiary/aromatic N) is 2. The van der Waals surface area contributed by atoms with Crippen molar-refractivity contribution >= 4 is 7.12 Å². The summed E-state index contributed by atoms with van der Waals surface area (Å²) in [5.41, 5.74) is 0.288. The van der Waals surface area contributed by atoms with Gasteiger partial charge in [0.2, 0.25) is 5.88 Å². The summed E-state index contributed by atoms with van der Waals surface area (Å²) < 4.78 is 31.7. The molecule has 0 atom stereocenters. The van der Waals surface area contributed by atoms with Crippen LogP contribution in [0.15, 0.2) is 23.4 Å². The molecule has 2 aliphatic rings. The van der Waals surface area contributed by atoms with E-state index in [1.165, 1.54) is 0 Å². The summed E-state index contributed by atoms with van der Waals surface area (Å²) in [6, 6.07) is 3.65. The van der Waals surface area contributed by atoms with Gasteiger partial charge < -0.3 is 14.0 Å². The fourth-order valence-electron chi connectivity index (χ4n) is 2.73. The number of hydrogen-bond acceptors (Lipinski definition) is 5. The van der Waals surface area contributed by atoms with Crippen LogP contribution in [-0.4, -0.2) is 35.1 Å². The second-order valence-corrected chi connectivity index (χ2v) is 7.64. The molecule has 1 aromatic rings. The van der Waals surface area contributed by atoms with Crippen LogP contribution >= 0.6 is 0 Å². The van der Waals surface area contributed by atoms with Crippen molar-refractivity contribution in [3.8, 4) is 5.88 Å². The molecule has 0 aromatic carbocycles. The van der Waals surface area contributed by atoms with Crippen molar-refractivity contribution in [1.82, 2.24) is 10.2 Å². The Labute approximate surface area is 142 Å². The van der Waals surface area contributed by atoms with Crippen LogP contribution in [0.4, 0.5) is 4.39 Å². The Morgan fingerprint density at radius 1 is 1.21 bits per heavy atom. The van der Waals surface area contributed by atoms with Gasteiger partial charge in [0.1, 0.15) is 5.73 Å². The molecule has 0 N–H and O–H groups in total. The highest BCUT2D eigenvalue weighted by atomic mass is 19.1. The number of aromatic nitrogens is 2. The average Bonchev–Trinajstić information content (AvgIpc) is 2.67. The van der Waals surface area contributed by atoms with Gasteiger partial charge in [-0.25, -0.2) is 4.39 Å². The number of aryl methyl sites for hydroxylation is 1. The van der Waals surface area contributed by atoms with Crippen LogP contribution in [0.1, 0.15) is 46.2 Å². The summed E-state index contributed by atoms with van der Waals surface area (Å²) in [4.78, 5) is 0. The van der Waals surface area contributed by atoms with Crippen molar-refractivity contribution in [2.75, 3.05) is 6.61 Å². The molecule has 1 saturated heterocycles. The molecule has 2 heterocycles. The third kappa shape index (κ3) is 3.33. The summed E-state index contributed by atoms with van der Waals surface area (Å²) in [7, 11) is -0.894. The lowest BCUT2D eigenvalue weighted by Crippen LogP contribution is -2.41. The predicted octanol–water partition coefficient (Wildman–Crippen LogP) is 3.43. The van der Waals surface area contributed by atoms with E-state index in [-0.39, 0.29) is 11.6 Å². The summed E-state index contributed by atoms with van der Waals surface area (Å²) in [5, 5.41) is 7.91. The number of ether oxygens (including phenoxy) is 1. The van der Waals surface area contributed by atoms with E-state index in [9.17, 15) is 4.39 Å². The lowest BCUT2D eigenvalue weighted by molar-refractivity contribution is 0.00578. The second-order valence-electron chi connectivity index (χ2n) is 7.64. The summed E-state index contributed by atoms with van der Waals surface area (Å²) >= 11 is 0. The maximum absolute atomic E-state index is 14.6. The molecule has 1 saturated carbocycles. The van der Waals surface area contributed by atoms with Crippen LogP contribution in [0.5, 0.6) is 5.88 Å². The molecule has 2 fully saturated rings. The van der Waals surface area contributed by atoms with Crippen molar-refractivity contribution in [2.24, 2.45) is 5.92 Å². The Morgan fingerprint density at radius 2 is 1.83 bits per heavy atom. The Hall–Kier alpha value is -1.47. The van der Waals surface area contributed by atoms with Crippen molar-refractivity contribution in [2.45, 2.75) is 58.7 Å². The zero-order valence-electron chi connectivity index (χ0n) is 14.9. The van der Waals surface area contributed by atoms with Crippen molar-refractivity contribution in [3.63, 3.8) is 0 Å². The van der Waals surface area contributed by atoms with E-state index in [2.05, 4.69) is 10.2 Å². The molecular weight excluding hydrogens is 310 g/mol. The van der Waals surface area contributed by atoms with Gasteiger partial charge in [-0.3, -0.25) is 0 Å². The minimum Gasteiger partial charge on any atom is -0.476 e. The highest BCUT2D eigenvalue weighted by Gasteiger charge is 2.54. The minimum absolute atomic E-state index is 0.278. The molecule has 0 spiro atoms. The third-order valence-electron chi connectivity index (χ3n) is 5.11. The van der Waals surface area contributed by atoms with Crippen molar-refractivity contribution in [1.29, 1.82) is 0 Å². The van der Waals surface area contributed by atoms with E-state index >= 15 is 0 Å². The minimum atomic E-state index is -0.894. The molecule has 130 valence electrons. The Kier molecular flexibility index (Phi) is 4.42. The van der Waals surface area contributed by atoms with Gasteiger partial charge in [0.15, 0.2) is 0 Å². The normalized spacial score (nSPS) is 24.7. The van der Waals surface area contributed by atoms with Crippen LogP contribution in [0.25, 0.3) is 0 Å². The molecule has 0 radical (unpaired) electrons. The fourth-order valence-corrected chi connectivity index (χ4v) is 2.73. The van der Waals surface area contributed by atoms with Crippen LogP contribution < -0.4 is 4.74 Å². The molecule has 1 aliphatic heterocycles. The highest BCUT2D eigenvalue weighted by Crippen LogP contribution is 2.43. The topological polar surface area (TPSA) is 53.5 Å². The van der Waals surface area contributed by atoms with E-state index in [1.807, 2.05) is 40.7 Å². The zero-order chi connectivity index (χ0) is 17.5. The maximum Gasteiger partial charge on any atom is 0.525 e. The Bertz CT molecular complexity index is 622. The Balaban J connectivity index is 1.52. The summed E-state index contributed by atoms with van der Waals surface area (Å²) in [6.07, 6.45) is 1.32. The Morgan fingerprint density at radius 3 is 2.38 bits per heavy atom. The second kappa shape index (κ2) is 6.12. The van der Waals surface area contributed by atoms with Gasteiger partial charge in [0, 0.05) is 12.0 Å². The fraction of sp³-hybridized carbons (Fsp3) is 0.647. The smallest absolute Gasteiger partial charge is 0.476 e. The summed E-state index contributed by atoms with van der Waals surface area (Å²) in [6.45, 7) is 10.1. The third-order valence-corrected chi connectivity index (χ3v) is 5.11. The van der Waals surface area contributed by atoms with Crippen LogP contribution in [0.3, 0.4) is 0 Å². The van der Waals surface area contributed by atoms with E-state index in [0.29, 0.717) is 25.3 Å². The van der Waals surface area contributed by atoms with E-state index in [4.69, 9.17) is 14.0 Å². The van der Waals surface area contributed by atoms with E-state index in [1.54, 1.807) is 6.07 Å². The molecule has 0 unspecified atom stereocenters.